The van der Waals surface area contributed by atoms with Crippen LogP contribution in [0.4, 0.5) is 18.9 Å². The Kier molecular flexibility index (Phi) is 6.77. The molecule has 0 aliphatic rings. The summed E-state index contributed by atoms with van der Waals surface area (Å²) in [4.78, 5) is 30.5. The average Bonchev–Trinajstić information content (AvgIpc) is 3.04. The quantitative estimate of drug-likeness (QED) is 0.534. The SMILES string of the molecule is CCOC(=O)c1cnc(SC(C)C(=O)Nc2cc(C(F)(F)F)ccc2Cl)[nH]1. The molecule has 0 bridgehead atoms. The molecule has 0 aliphatic heterocycles. The van der Waals surface area contributed by atoms with Crippen LogP contribution in [0.2, 0.25) is 5.02 Å². The lowest BCUT2D eigenvalue weighted by Crippen LogP contribution is -2.23. The van der Waals surface area contributed by atoms with Crippen molar-refractivity contribution < 1.29 is 27.5 Å². The van der Waals surface area contributed by atoms with E-state index in [0.717, 1.165) is 30.0 Å². The molecule has 0 saturated carbocycles. The van der Waals surface area contributed by atoms with E-state index < -0.39 is 28.9 Å². The molecule has 146 valence electrons. The van der Waals surface area contributed by atoms with Gasteiger partial charge in [-0.1, -0.05) is 23.4 Å². The van der Waals surface area contributed by atoms with Crippen molar-refractivity contribution in [3.63, 3.8) is 0 Å². The fourth-order valence-corrected chi connectivity index (χ4v) is 2.88. The maximum absolute atomic E-state index is 12.8. The van der Waals surface area contributed by atoms with Gasteiger partial charge in [-0.2, -0.15) is 13.2 Å². The number of aromatic nitrogens is 2. The highest BCUT2D eigenvalue weighted by Gasteiger charge is 2.31. The van der Waals surface area contributed by atoms with E-state index in [0.29, 0.717) is 0 Å². The van der Waals surface area contributed by atoms with Crippen molar-refractivity contribution in [2.75, 3.05) is 11.9 Å². The number of nitrogens with zero attached hydrogens (tertiary/aromatic N) is 1. The van der Waals surface area contributed by atoms with Gasteiger partial charge in [-0.05, 0) is 32.0 Å². The van der Waals surface area contributed by atoms with Gasteiger partial charge in [0.05, 0.1) is 34.3 Å². The lowest BCUT2D eigenvalue weighted by atomic mass is 10.2. The van der Waals surface area contributed by atoms with Gasteiger partial charge in [0.1, 0.15) is 5.69 Å². The Morgan fingerprint density at radius 3 is 2.74 bits per heavy atom. The normalized spacial score (nSPS) is 12.5. The van der Waals surface area contributed by atoms with E-state index in [-0.39, 0.29) is 28.2 Å². The Morgan fingerprint density at radius 2 is 2.11 bits per heavy atom. The number of alkyl halides is 3. The van der Waals surface area contributed by atoms with E-state index in [9.17, 15) is 22.8 Å². The van der Waals surface area contributed by atoms with Gasteiger partial charge in [-0.3, -0.25) is 4.79 Å². The predicted molar refractivity (Wildman–Crippen MR) is 94.9 cm³/mol. The first-order valence-corrected chi connectivity index (χ1v) is 8.94. The van der Waals surface area contributed by atoms with Crippen LogP contribution in [0.15, 0.2) is 29.6 Å². The summed E-state index contributed by atoms with van der Waals surface area (Å²) < 4.78 is 43.2. The summed E-state index contributed by atoms with van der Waals surface area (Å²) in [5, 5.41) is 1.91. The van der Waals surface area contributed by atoms with Crippen molar-refractivity contribution in [3.8, 4) is 0 Å². The van der Waals surface area contributed by atoms with Crippen molar-refractivity contribution >= 4 is 40.9 Å². The van der Waals surface area contributed by atoms with Crippen LogP contribution >= 0.6 is 23.4 Å². The van der Waals surface area contributed by atoms with Crippen LogP contribution in [0.5, 0.6) is 0 Å². The van der Waals surface area contributed by atoms with Gasteiger partial charge < -0.3 is 15.0 Å². The highest BCUT2D eigenvalue weighted by molar-refractivity contribution is 8.00. The number of carbonyl (C=O) groups is 2. The van der Waals surface area contributed by atoms with E-state index in [1.165, 1.54) is 13.1 Å². The van der Waals surface area contributed by atoms with Crippen LogP contribution in [0.25, 0.3) is 0 Å². The number of H-pyrrole nitrogens is 1. The minimum atomic E-state index is -4.55. The number of anilines is 1. The average molecular weight is 422 g/mol. The van der Waals surface area contributed by atoms with Crippen molar-refractivity contribution in [1.29, 1.82) is 0 Å². The van der Waals surface area contributed by atoms with Crippen molar-refractivity contribution in [2.45, 2.75) is 30.4 Å². The first-order valence-electron chi connectivity index (χ1n) is 7.68. The fraction of sp³-hybridized carbons (Fsp3) is 0.312. The van der Waals surface area contributed by atoms with E-state index in [2.05, 4.69) is 15.3 Å². The molecule has 1 heterocycles. The number of hydrogen-bond donors (Lipinski definition) is 2. The third-order valence-corrected chi connectivity index (χ3v) is 4.58. The zero-order valence-corrected chi connectivity index (χ0v) is 15.8. The molecule has 1 aromatic heterocycles. The fourth-order valence-electron chi connectivity index (χ4n) is 1.93. The lowest BCUT2D eigenvalue weighted by Gasteiger charge is -2.14. The summed E-state index contributed by atoms with van der Waals surface area (Å²) in [6.07, 6.45) is -3.28. The monoisotopic (exact) mass is 421 g/mol. The Balaban J connectivity index is 2.05. The van der Waals surface area contributed by atoms with Gasteiger partial charge in [0, 0.05) is 0 Å². The number of nitrogens with one attached hydrogen (secondary N) is 2. The lowest BCUT2D eigenvalue weighted by molar-refractivity contribution is -0.137. The molecule has 1 amide bonds. The molecule has 0 spiro atoms. The number of hydrogen-bond acceptors (Lipinski definition) is 5. The zero-order valence-electron chi connectivity index (χ0n) is 14.2. The number of benzene rings is 1. The van der Waals surface area contributed by atoms with Crippen molar-refractivity contribution in [2.24, 2.45) is 0 Å². The summed E-state index contributed by atoms with van der Waals surface area (Å²) >= 11 is 6.86. The molecule has 1 unspecified atom stereocenters. The van der Waals surface area contributed by atoms with Gasteiger partial charge >= 0.3 is 12.1 Å². The number of thioether (sulfide) groups is 1. The molecule has 0 fully saturated rings. The largest absolute Gasteiger partial charge is 0.461 e. The molecule has 2 rings (SSSR count). The zero-order chi connectivity index (χ0) is 20.2. The van der Waals surface area contributed by atoms with E-state index >= 15 is 0 Å². The van der Waals surface area contributed by atoms with Crippen LogP contribution in [-0.4, -0.2) is 33.7 Å². The summed E-state index contributed by atoms with van der Waals surface area (Å²) in [6, 6.07) is 2.66. The van der Waals surface area contributed by atoms with Gasteiger partial charge in [0.25, 0.3) is 0 Å². The summed E-state index contributed by atoms with van der Waals surface area (Å²) in [5.74, 6) is -1.15. The summed E-state index contributed by atoms with van der Waals surface area (Å²) in [6.45, 7) is 3.40. The van der Waals surface area contributed by atoms with Crippen LogP contribution in [0.3, 0.4) is 0 Å². The molecule has 0 radical (unpaired) electrons. The molecule has 11 heteroatoms. The topological polar surface area (TPSA) is 84.1 Å². The third-order valence-electron chi connectivity index (χ3n) is 3.26. The van der Waals surface area contributed by atoms with E-state index in [4.69, 9.17) is 16.3 Å². The van der Waals surface area contributed by atoms with Crippen LogP contribution < -0.4 is 5.32 Å². The van der Waals surface area contributed by atoms with Crippen LogP contribution in [-0.2, 0) is 15.7 Å². The predicted octanol–water partition coefficient (Wildman–Crippen LogP) is 4.38. The Morgan fingerprint density at radius 1 is 1.41 bits per heavy atom. The number of carbonyl (C=O) groups excluding carboxylic acids is 2. The number of halogens is 4. The first kappa shape index (κ1) is 21.1. The van der Waals surface area contributed by atoms with Crippen LogP contribution in [0, 0.1) is 0 Å². The molecular formula is C16H15ClF3N3O3S. The Labute approximate surface area is 161 Å². The highest BCUT2D eigenvalue weighted by Crippen LogP contribution is 2.34. The molecule has 0 aliphatic carbocycles. The second kappa shape index (κ2) is 8.66. The van der Waals surface area contributed by atoms with Crippen molar-refractivity contribution in [3.05, 3.63) is 40.7 Å². The van der Waals surface area contributed by atoms with E-state index in [1.807, 2.05) is 0 Å². The van der Waals surface area contributed by atoms with Gasteiger partial charge in [0.15, 0.2) is 5.16 Å². The Bertz CT molecular complexity index is 842. The molecule has 1 atom stereocenters. The van der Waals surface area contributed by atoms with Gasteiger partial charge in [-0.25, -0.2) is 9.78 Å². The number of amides is 1. The minimum Gasteiger partial charge on any atom is -0.461 e. The minimum absolute atomic E-state index is 0.0175. The maximum Gasteiger partial charge on any atom is 0.416 e. The highest BCUT2D eigenvalue weighted by atomic mass is 35.5. The van der Waals surface area contributed by atoms with E-state index in [1.54, 1.807) is 6.92 Å². The standard InChI is InChI=1S/C16H15ClF3N3O3S/c1-3-26-14(25)12-7-21-15(23-12)27-8(2)13(24)22-11-6-9(16(18,19)20)4-5-10(11)17/h4-8H,3H2,1-2H3,(H,21,23)(H,22,24). The third kappa shape index (κ3) is 5.64. The summed E-state index contributed by atoms with van der Waals surface area (Å²) in [5.41, 5.74) is -0.934. The smallest absolute Gasteiger partial charge is 0.416 e. The Hall–Kier alpha value is -2.20. The molecular weight excluding hydrogens is 407 g/mol. The van der Waals surface area contributed by atoms with Gasteiger partial charge in [-0.15, -0.1) is 0 Å². The van der Waals surface area contributed by atoms with Crippen molar-refractivity contribution in [1.82, 2.24) is 9.97 Å². The first-order chi connectivity index (χ1) is 12.6. The maximum atomic E-state index is 12.8. The number of esters is 1. The summed E-state index contributed by atoms with van der Waals surface area (Å²) in [7, 11) is 0. The number of ether oxygens (including phenoxy) is 1. The van der Waals surface area contributed by atoms with Gasteiger partial charge in [0.2, 0.25) is 5.91 Å². The number of aromatic amines is 1. The number of rotatable bonds is 6. The molecule has 27 heavy (non-hydrogen) atoms. The van der Waals surface area contributed by atoms with Crippen LogP contribution in [0.1, 0.15) is 29.9 Å². The molecule has 1 aromatic carbocycles. The molecule has 2 N–H and O–H groups in total. The molecule has 0 saturated heterocycles. The molecule has 6 nitrogen and oxygen atoms in total. The molecule has 2 aromatic rings. The second-order valence-corrected chi connectivity index (χ2v) is 7.00. The number of imidazole rings is 1. The second-order valence-electron chi connectivity index (χ2n) is 5.26.